The highest BCUT2D eigenvalue weighted by molar-refractivity contribution is 5.64. The van der Waals surface area contributed by atoms with Gasteiger partial charge >= 0.3 is 0 Å². The molecule has 0 atom stereocenters. The molecule has 2 heterocycles. The Morgan fingerprint density at radius 2 is 1.87 bits per heavy atom. The first-order chi connectivity index (χ1) is 11.2. The second-order valence-electron chi connectivity index (χ2n) is 5.43. The van der Waals surface area contributed by atoms with Crippen LogP contribution in [-0.4, -0.2) is 23.0 Å². The smallest absolute Gasteiger partial charge is 0.263 e. The maximum Gasteiger partial charge on any atom is 0.263 e. The normalized spacial score (nSPS) is 10.9. The number of aromatic nitrogens is 2. The van der Waals surface area contributed by atoms with Crippen LogP contribution in [0.15, 0.2) is 59.5 Å². The molecule has 118 valence electrons. The van der Waals surface area contributed by atoms with Gasteiger partial charge in [0, 0.05) is 18.9 Å². The zero-order valence-electron chi connectivity index (χ0n) is 13.1. The van der Waals surface area contributed by atoms with Gasteiger partial charge in [-0.2, -0.15) is 0 Å². The highest BCUT2D eigenvalue weighted by Gasteiger charge is 2.16. The maximum absolute atomic E-state index is 12.8. The van der Waals surface area contributed by atoms with E-state index in [0.29, 0.717) is 30.0 Å². The molecule has 0 amide bonds. The summed E-state index contributed by atoms with van der Waals surface area (Å²) in [5, 5.41) is 0. The Bertz CT molecular complexity index is 858. The van der Waals surface area contributed by atoms with Crippen molar-refractivity contribution < 1.29 is 0 Å². The molecule has 0 saturated heterocycles. The third-order valence-electron chi connectivity index (χ3n) is 3.90. The summed E-state index contributed by atoms with van der Waals surface area (Å²) in [6.07, 6.45) is 3.13. The van der Waals surface area contributed by atoms with Crippen LogP contribution >= 0.6 is 0 Å². The van der Waals surface area contributed by atoms with Gasteiger partial charge in [0.15, 0.2) is 0 Å². The van der Waals surface area contributed by atoms with Gasteiger partial charge < -0.3 is 10.6 Å². The highest BCUT2D eigenvalue weighted by Crippen LogP contribution is 2.24. The molecule has 5 nitrogen and oxygen atoms in total. The van der Waals surface area contributed by atoms with Gasteiger partial charge in [0.1, 0.15) is 11.5 Å². The van der Waals surface area contributed by atoms with Gasteiger partial charge in [0.2, 0.25) is 0 Å². The third-order valence-corrected chi connectivity index (χ3v) is 3.90. The average Bonchev–Trinajstić information content (AvgIpc) is 2.61. The van der Waals surface area contributed by atoms with Crippen LogP contribution in [0.1, 0.15) is 12.0 Å². The molecule has 0 bridgehead atoms. The summed E-state index contributed by atoms with van der Waals surface area (Å²) in [6.45, 7) is 0.547. The lowest BCUT2D eigenvalue weighted by Crippen LogP contribution is -2.25. The fraction of sp³-hybridized carbons (Fsp3) is 0.222. The minimum atomic E-state index is -0.0261. The van der Waals surface area contributed by atoms with Crippen molar-refractivity contribution in [3.8, 4) is 0 Å². The quantitative estimate of drug-likeness (QED) is 0.786. The van der Waals surface area contributed by atoms with E-state index in [1.165, 1.54) is 0 Å². The third kappa shape index (κ3) is 2.96. The molecule has 0 aliphatic carbocycles. The summed E-state index contributed by atoms with van der Waals surface area (Å²) >= 11 is 0. The van der Waals surface area contributed by atoms with Gasteiger partial charge in [-0.1, -0.05) is 24.3 Å². The minimum Gasteiger partial charge on any atom is -0.330 e. The predicted molar refractivity (Wildman–Crippen MR) is 93.3 cm³/mol. The van der Waals surface area contributed by atoms with Crippen molar-refractivity contribution in [3.05, 3.63) is 70.6 Å². The largest absolute Gasteiger partial charge is 0.330 e. The zero-order chi connectivity index (χ0) is 16.2. The molecular weight excluding hydrogens is 288 g/mol. The Morgan fingerprint density at radius 3 is 2.61 bits per heavy atom. The van der Waals surface area contributed by atoms with Gasteiger partial charge in [0.25, 0.3) is 5.56 Å². The van der Waals surface area contributed by atoms with Crippen molar-refractivity contribution in [2.45, 2.75) is 12.8 Å². The Kier molecular flexibility index (Phi) is 4.39. The molecule has 0 aliphatic heterocycles. The lowest BCUT2D eigenvalue weighted by molar-refractivity contribution is 0.807. The van der Waals surface area contributed by atoms with E-state index in [1.807, 2.05) is 60.5 Å². The van der Waals surface area contributed by atoms with Crippen LogP contribution in [0.5, 0.6) is 0 Å². The van der Waals surface area contributed by atoms with Gasteiger partial charge in [-0.05, 0) is 43.7 Å². The highest BCUT2D eigenvalue weighted by atomic mass is 16.1. The van der Waals surface area contributed by atoms with Crippen LogP contribution in [0.3, 0.4) is 0 Å². The first-order valence-corrected chi connectivity index (χ1v) is 7.71. The van der Waals surface area contributed by atoms with E-state index >= 15 is 0 Å². The van der Waals surface area contributed by atoms with Crippen molar-refractivity contribution in [2.24, 2.45) is 5.73 Å². The molecule has 23 heavy (non-hydrogen) atoms. The number of hydrogen-bond donors (Lipinski definition) is 1. The molecule has 5 heteroatoms. The van der Waals surface area contributed by atoms with Crippen molar-refractivity contribution in [2.75, 3.05) is 18.5 Å². The second-order valence-corrected chi connectivity index (χ2v) is 5.43. The number of hydrogen-bond acceptors (Lipinski definition) is 4. The van der Waals surface area contributed by atoms with Crippen molar-refractivity contribution in [3.63, 3.8) is 0 Å². The van der Waals surface area contributed by atoms with E-state index in [2.05, 4.69) is 0 Å². The van der Waals surface area contributed by atoms with Crippen LogP contribution in [0.2, 0.25) is 0 Å². The Balaban J connectivity index is 2.19. The van der Waals surface area contributed by atoms with Gasteiger partial charge in [-0.25, -0.2) is 4.98 Å². The fourth-order valence-corrected chi connectivity index (χ4v) is 2.66. The Morgan fingerprint density at radius 1 is 1.13 bits per heavy atom. The standard InChI is InChI=1S/C18H20N4O/c1-21(14-8-3-2-4-9-14)17-15(10-7-12-19)18(23)22-13-6-5-11-16(22)20-17/h2-6,8-9,11,13H,7,10,12,19H2,1H3. The lowest BCUT2D eigenvalue weighted by atomic mass is 10.1. The average molecular weight is 308 g/mol. The zero-order valence-corrected chi connectivity index (χ0v) is 13.1. The maximum atomic E-state index is 12.8. The number of pyridine rings is 1. The first-order valence-electron chi connectivity index (χ1n) is 7.71. The van der Waals surface area contributed by atoms with Crippen LogP contribution in [0.4, 0.5) is 11.5 Å². The van der Waals surface area contributed by atoms with E-state index in [-0.39, 0.29) is 5.56 Å². The molecule has 0 aliphatic rings. The van der Waals surface area contributed by atoms with Crippen LogP contribution in [0, 0.1) is 0 Å². The molecule has 2 aromatic heterocycles. The number of nitrogens with two attached hydrogens (primary N) is 1. The van der Waals surface area contributed by atoms with Crippen molar-refractivity contribution in [1.29, 1.82) is 0 Å². The van der Waals surface area contributed by atoms with Crippen LogP contribution in [-0.2, 0) is 6.42 Å². The molecule has 0 radical (unpaired) electrons. The second kappa shape index (κ2) is 6.62. The Labute approximate surface area is 135 Å². The van der Waals surface area contributed by atoms with Gasteiger partial charge in [-0.3, -0.25) is 9.20 Å². The molecule has 2 N–H and O–H groups in total. The van der Waals surface area contributed by atoms with E-state index in [9.17, 15) is 4.79 Å². The molecule has 3 aromatic rings. The summed E-state index contributed by atoms with van der Waals surface area (Å²) in [4.78, 5) is 19.5. The van der Waals surface area contributed by atoms with Crippen LogP contribution < -0.4 is 16.2 Å². The number of rotatable bonds is 5. The van der Waals surface area contributed by atoms with E-state index in [4.69, 9.17) is 10.7 Å². The molecule has 1 aromatic carbocycles. The molecule has 0 fully saturated rings. The Hall–Kier alpha value is -2.66. The molecule has 0 saturated carbocycles. The molecule has 3 rings (SSSR count). The number of anilines is 2. The summed E-state index contributed by atoms with van der Waals surface area (Å²) in [5.41, 5.74) is 7.95. The van der Waals surface area contributed by atoms with Gasteiger partial charge in [0.05, 0.1) is 5.56 Å². The molecule has 0 unspecified atom stereocenters. The fourth-order valence-electron chi connectivity index (χ4n) is 2.66. The van der Waals surface area contributed by atoms with Crippen LogP contribution in [0.25, 0.3) is 5.65 Å². The SMILES string of the molecule is CN(c1ccccc1)c1nc2ccccn2c(=O)c1CCCN. The van der Waals surface area contributed by atoms with Crippen molar-refractivity contribution in [1.82, 2.24) is 9.38 Å². The summed E-state index contributed by atoms with van der Waals surface area (Å²) in [6, 6.07) is 15.5. The summed E-state index contributed by atoms with van der Waals surface area (Å²) in [7, 11) is 1.93. The van der Waals surface area contributed by atoms with Crippen molar-refractivity contribution >= 4 is 17.2 Å². The number of para-hydroxylation sites is 1. The number of fused-ring (bicyclic) bond motifs is 1. The summed E-state index contributed by atoms with van der Waals surface area (Å²) in [5.74, 6) is 0.695. The summed E-state index contributed by atoms with van der Waals surface area (Å²) < 4.78 is 1.59. The number of benzene rings is 1. The number of nitrogens with zero attached hydrogens (tertiary/aromatic N) is 3. The lowest BCUT2D eigenvalue weighted by Gasteiger charge is -2.21. The molecule has 0 spiro atoms. The monoisotopic (exact) mass is 308 g/mol. The van der Waals surface area contributed by atoms with E-state index in [0.717, 1.165) is 12.1 Å². The topological polar surface area (TPSA) is 63.6 Å². The first kappa shape index (κ1) is 15.2. The van der Waals surface area contributed by atoms with E-state index in [1.54, 1.807) is 10.6 Å². The minimum absolute atomic E-state index is 0.0261. The predicted octanol–water partition coefficient (Wildman–Crippen LogP) is 2.35. The molecular formula is C18H20N4O. The van der Waals surface area contributed by atoms with Gasteiger partial charge in [-0.15, -0.1) is 0 Å². The van der Waals surface area contributed by atoms with E-state index < -0.39 is 0 Å².